The molecule has 0 aliphatic heterocycles. The van der Waals surface area contributed by atoms with Crippen LogP contribution in [0.25, 0.3) is 0 Å². The topological polar surface area (TPSA) is 128 Å². The quantitative estimate of drug-likeness (QED) is 0.863. The van der Waals surface area contributed by atoms with Crippen LogP contribution >= 0.6 is 0 Å². The normalized spacial score (nSPS) is 13.4. The molecule has 0 bridgehead atoms. The van der Waals surface area contributed by atoms with Crippen molar-refractivity contribution in [3.8, 4) is 0 Å². The lowest BCUT2D eigenvalue weighted by Crippen LogP contribution is -2.18. The molecule has 3 N–H and O–H groups in total. The monoisotopic (exact) mass is 355 g/mol. The minimum Gasteiger partial charge on any atom is -0.364 e. The Labute approximate surface area is 151 Å². The molecule has 2 aromatic heterocycles. The Morgan fingerprint density at radius 2 is 1.73 bits per heavy atom. The molecule has 0 atom stereocenters. The highest BCUT2D eigenvalue weighted by Gasteiger charge is 2.18. The predicted molar refractivity (Wildman–Crippen MR) is 95.4 cm³/mol. The lowest BCUT2D eigenvalue weighted by atomic mass is 10.0. The van der Waals surface area contributed by atoms with E-state index in [0.717, 1.165) is 12.8 Å². The number of nitrogens with zero attached hydrogens (tertiary/aromatic N) is 3. The Bertz CT molecular complexity index is 756. The first-order chi connectivity index (χ1) is 12.5. The Kier molecular flexibility index (Phi) is 6.90. The number of Topliss-reactive ketones (excluding diaryl/α,β-unsaturated/α-hetero) is 1. The maximum atomic E-state index is 11.7. The zero-order valence-electron chi connectivity index (χ0n) is 14.5. The van der Waals surface area contributed by atoms with Crippen LogP contribution in [0.1, 0.15) is 53.6 Å². The Morgan fingerprint density at radius 1 is 1.08 bits per heavy atom. The number of nitrogens with one attached hydrogen (secondary N) is 1. The van der Waals surface area contributed by atoms with Crippen LogP contribution in [-0.4, -0.2) is 32.8 Å². The van der Waals surface area contributed by atoms with Crippen molar-refractivity contribution >= 4 is 23.3 Å². The van der Waals surface area contributed by atoms with Crippen molar-refractivity contribution in [2.24, 2.45) is 11.7 Å². The summed E-state index contributed by atoms with van der Waals surface area (Å²) in [5.41, 5.74) is 5.65. The van der Waals surface area contributed by atoms with Gasteiger partial charge in [-0.15, -0.1) is 10.2 Å². The zero-order valence-corrected chi connectivity index (χ0v) is 14.5. The van der Waals surface area contributed by atoms with Gasteiger partial charge in [0, 0.05) is 12.1 Å². The van der Waals surface area contributed by atoms with E-state index in [2.05, 4.69) is 20.5 Å². The SMILES string of the molecule is CC(=O)C1CCCC1.NC(=O)c1ccc(C(=O)Nc2cccnc2)nn1. The highest BCUT2D eigenvalue weighted by molar-refractivity contribution is 6.03. The fourth-order valence-electron chi connectivity index (χ4n) is 2.55. The first kappa shape index (κ1) is 19.2. The van der Waals surface area contributed by atoms with E-state index in [1.165, 1.54) is 31.2 Å². The van der Waals surface area contributed by atoms with Gasteiger partial charge in [0.05, 0.1) is 11.9 Å². The van der Waals surface area contributed by atoms with Crippen molar-refractivity contribution in [1.82, 2.24) is 15.2 Å². The zero-order chi connectivity index (χ0) is 18.9. The summed E-state index contributed by atoms with van der Waals surface area (Å²) in [6.45, 7) is 1.70. The Morgan fingerprint density at radius 3 is 2.19 bits per heavy atom. The number of pyridine rings is 1. The van der Waals surface area contributed by atoms with Gasteiger partial charge in [0.1, 0.15) is 5.78 Å². The molecule has 2 amide bonds. The van der Waals surface area contributed by atoms with Gasteiger partial charge in [0.25, 0.3) is 11.8 Å². The minimum absolute atomic E-state index is 0.00734. The molecular formula is C18H21N5O3. The highest BCUT2D eigenvalue weighted by atomic mass is 16.2. The first-order valence-electron chi connectivity index (χ1n) is 8.32. The standard InChI is InChI=1S/C11H9N5O2.C7H12O/c12-10(17)8-3-4-9(16-15-8)11(18)14-7-2-1-5-13-6-7;1-6(8)7-4-2-3-5-7/h1-6H,(H2,12,17)(H,14,18);7H,2-5H2,1H3. The average Bonchev–Trinajstić information content (AvgIpc) is 3.18. The third kappa shape index (κ3) is 5.73. The van der Waals surface area contributed by atoms with Crippen LogP contribution in [0.2, 0.25) is 0 Å². The molecule has 0 aromatic carbocycles. The molecule has 0 radical (unpaired) electrons. The minimum atomic E-state index is -0.693. The van der Waals surface area contributed by atoms with Gasteiger partial charge < -0.3 is 11.1 Å². The number of ketones is 1. The van der Waals surface area contributed by atoms with Gasteiger partial charge in [0.15, 0.2) is 11.4 Å². The maximum Gasteiger partial charge on any atom is 0.276 e. The Hall–Kier alpha value is -3.16. The molecule has 1 saturated carbocycles. The number of anilines is 1. The summed E-state index contributed by atoms with van der Waals surface area (Å²) in [5.74, 6) is -0.314. The molecule has 3 rings (SSSR count). The van der Waals surface area contributed by atoms with Gasteiger partial charge >= 0.3 is 0 Å². The fraction of sp³-hybridized carbons (Fsp3) is 0.333. The molecule has 0 unspecified atom stereocenters. The van der Waals surface area contributed by atoms with E-state index < -0.39 is 11.8 Å². The lowest BCUT2D eigenvalue weighted by molar-refractivity contribution is -0.120. The van der Waals surface area contributed by atoms with Crippen molar-refractivity contribution in [1.29, 1.82) is 0 Å². The number of nitrogens with two attached hydrogens (primary N) is 1. The van der Waals surface area contributed by atoms with Crippen LogP contribution in [0.3, 0.4) is 0 Å². The average molecular weight is 355 g/mol. The van der Waals surface area contributed by atoms with E-state index in [-0.39, 0.29) is 11.4 Å². The van der Waals surface area contributed by atoms with Crippen molar-refractivity contribution in [2.75, 3.05) is 5.32 Å². The second-order valence-corrected chi connectivity index (χ2v) is 5.96. The molecule has 0 spiro atoms. The summed E-state index contributed by atoms with van der Waals surface area (Å²) in [7, 11) is 0. The van der Waals surface area contributed by atoms with Gasteiger partial charge in [-0.2, -0.15) is 0 Å². The van der Waals surface area contributed by atoms with Crippen LogP contribution < -0.4 is 11.1 Å². The number of hydrogen-bond donors (Lipinski definition) is 2. The summed E-state index contributed by atoms with van der Waals surface area (Å²) < 4.78 is 0. The number of primary amides is 1. The summed E-state index contributed by atoms with van der Waals surface area (Å²) in [4.78, 5) is 37.0. The molecule has 136 valence electrons. The molecule has 1 fully saturated rings. The van der Waals surface area contributed by atoms with Crippen LogP contribution in [0.4, 0.5) is 5.69 Å². The summed E-state index contributed by atoms with van der Waals surface area (Å²) in [5, 5.41) is 9.74. The third-order valence-corrected chi connectivity index (χ3v) is 4.00. The molecule has 8 heteroatoms. The number of carbonyl (C=O) groups excluding carboxylic acids is 3. The summed E-state index contributed by atoms with van der Waals surface area (Å²) in [6.07, 6.45) is 7.93. The van der Waals surface area contributed by atoms with E-state index >= 15 is 0 Å². The lowest BCUT2D eigenvalue weighted by Gasteiger charge is -2.03. The van der Waals surface area contributed by atoms with Gasteiger partial charge in [-0.1, -0.05) is 12.8 Å². The largest absolute Gasteiger partial charge is 0.364 e. The van der Waals surface area contributed by atoms with Gasteiger partial charge in [-0.3, -0.25) is 19.4 Å². The second-order valence-electron chi connectivity index (χ2n) is 5.96. The summed E-state index contributed by atoms with van der Waals surface area (Å²) in [6, 6.07) is 6.10. The van der Waals surface area contributed by atoms with Gasteiger partial charge in [0.2, 0.25) is 0 Å². The molecule has 2 aromatic rings. The van der Waals surface area contributed by atoms with E-state index in [1.807, 2.05) is 0 Å². The Balaban J connectivity index is 0.000000254. The molecular weight excluding hydrogens is 334 g/mol. The molecule has 1 aliphatic carbocycles. The van der Waals surface area contributed by atoms with Crippen molar-refractivity contribution in [2.45, 2.75) is 32.6 Å². The number of hydrogen-bond acceptors (Lipinski definition) is 6. The van der Waals surface area contributed by atoms with Crippen molar-refractivity contribution < 1.29 is 14.4 Å². The van der Waals surface area contributed by atoms with E-state index in [4.69, 9.17) is 5.73 Å². The third-order valence-electron chi connectivity index (χ3n) is 4.00. The number of aromatic nitrogens is 3. The smallest absolute Gasteiger partial charge is 0.276 e. The van der Waals surface area contributed by atoms with Crippen molar-refractivity contribution in [3.05, 3.63) is 48.0 Å². The van der Waals surface area contributed by atoms with E-state index in [9.17, 15) is 14.4 Å². The van der Waals surface area contributed by atoms with Gasteiger partial charge in [-0.25, -0.2) is 0 Å². The van der Waals surface area contributed by atoms with E-state index in [0.29, 0.717) is 17.4 Å². The van der Waals surface area contributed by atoms with Crippen LogP contribution in [0.5, 0.6) is 0 Å². The maximum absolute atomic E-state index is 11.7. The fourth-order valence-corrected chi connectivity index (χ4v) is 2.55. The van der Waals surface area contributed by atoms with E-state index in [1.54, 1.807) is 25.3 Å². The van der Waals surface area contributed by atoms with Crippen LogP contribution in [-0.2, 0) is 4.79 Å². The number of amides is 2. The molecule has 26 heavy (non-hydrogen) atoms. The highest BCUT2D eigenvalue weighted by Crippen LogP contribution is 2.24. The number of carbonyl (C=O) groups is 3. The molecule has 0 saturated heterocycles. The van der Waals surface area contributed by atoms with Gasteiger partial charge in [-0.05, 0) is 44.0 Å². The van der Waals surface area contributed by atoms with Crippen molar-refractivity contribution in [3.63, 3.8) is 0 Å². The van der Waals surface area contributed by atoms with Crippen LogP contribution in [0.15, 0.2) is 36.7 Å². The first-order valence-corrected chi connectivity index (χ1v) is 8.32. The second kappa shape index (κ2) is 9.36. The predicted octanol–water partition coefficient (Wildman–Crippen LogP) is 1.99. The van der Waals surface area contributed by atoms with Crippen LogP contribution in [0, 0.1) is 5.92 Å². The summed E-state index contributed by atoms with van der Waals surface area (Å²) >= 11 is 0. The number of rotatable bonds is 4. The molecule has 1 aliphatic rings. The molecule has 2 heterocycles. The molecule has 8 nitrogen and oxygen atoms in total.